The Kier molecular flexibility index (Phi) is 6.45. The molecule has 2 fully saturated rings. The molecule has 2 heterocycles. The van der Waals surface area contributed by atoms with Crippen molar-refractivity contribution in [3.05, 3.63) is 0 Å². The van der Waals surface area contributed by atoms with E-state index in [0.717, 1.165) is 58.8 Å². The van der Waals surface area contributed by atoms with Crippen LogP contribution < -0.4 is 0 Å². The molecule has 1 amide bonds. The molecule has 2 rings (SSSR count). The number of likely N-dealkylation sites (tertiary alicyclic amines) is 1. The van der Waals surface area contributed by atoms with Crippen LogP contribution in [0.3, 0.4) is 0 Å². The minimum absolute atomic E-state index is 0.125. The summed E-state index contributed by atoms with van der Waals surface area (Å²) in [5.74, 6) is 0.593. The molecule has 0 bridgehead atoms. The van der Waals surface area contributed by atoms with Gasteiger partial charge in [0.15, 0.2) is 0 Å². The summed E-state index contributed by atoms with van der Waals surface area (Å²) in [6.45, 7) is 9.62. The number of hydrogen-bond donors (Lipinski definition) is 0. The van der Waals surface area contributed by atoms with Crippen molar-refractivity contribution >= 4 is 5.91 Å². The second kappa shape index (κ2) is 8.11. The van der Waals surface area contributed by atoms with Gasteiger partial charge in [0.25, 0.3) is 0 Å². The van der Waals surface area contributed by atoms with Gasteiger partial charge in [0, 0.05) is 38.8 Å². The smallest absolute Gasteiger partial charge is 0.248 e. The molecule has 21 heavy (non-hydrogen) atoms. The van der Waals surface area contributed by atoms with E-state index >= 15 is 0 Å². The van der Waals surface area contributed by atoms with Crippen LogP contribution >= 0.6 is 0 Å². The molecule has 2 saturated heterocycles. The second-order valence-corrected chi connectivity index (χ2v) is 6.06. The molecule has 0 aromatic rings. The molecule has 2 aliphatic heterocycles. The minimum atomic E-state index is 0.125. The summed E-state index contributed by atoms with van der Waals surface area (Å²) in [7, 11) is 0. The topological polar surface area (TPSA) is 48.0 Å². The lowest BCUT2D eigenvalue weighted by Gasteiger charge is -2.49. The van der Waals surface area contributed by atoms with Crippen LogP contribution in [0.15, 0.2) is 0 Å². The predicted molar refractivity (Wildman–Crippen MR) is 80.2 cm³/mol. The highest BCUT2D eigenvalue weighted by molar-refractivity contribution is 5.77. The summed E-state index contributed by atoms with van der Waals surface area (Å²) in [5.41, 5.74) is 0.301. The zero-order chi connectivity index (χ0) is 15.1. The van der Waals surface area contributed by atoms with Gasteiger partial charge in [-0.3, -0.25) is 4.79 Å². The summed E-state index contributed by atoms with van der Waals surface area (Å²) in [6.07, 6.45) is 3.22. The molecule has 0 aromatic heterocycles. The van der Waals surface area contributed by atoms with Crippen LogP contribution in [0.4, 0.5) is 0 Å². The third-order valence-electron chi connectivity index (χ3n) is 4.99. The highest BCUT2D eigenvalue weighted by atomic mass is 16.5. The Labute approximate surface area is 127 Å². The first-order valence-electron chi connectivity index (χ1n) is 8.23. The van der Waals surface area contributed by atoms with E-state index < -0.39 is 0 Å². The van der Waals surface area contributed by atoms with Crippen molar-refractivity contribution < 1.29 is 19.0 Å². The fourth-order valence-electron chi connectivity index (χ4n) is 3.51. The molecular formula is C16H29NO4. The van der Waals surface area contributed by atoms with Crippen molar-refractivity contribution in [3.63, 3.8) is 0 Å². The van der Waals surface area contributed by atoms with Crippen molar-refractivity contribution in [3.8, 4) is 0 Å². The van der Waals surface area contributed by atoms with Crippen LogP contribution in [-0.2, 0) is 19.0 Å². The molecule has 1 atom stereocenters. The Balaban J connectivity index is 1.88. The average Bonchev–Trinajstić information content (AvgIpc) is 2.52. The van der Waals surface area contributed by atoms with E-state index in [1.54, 1.807) is 0 Å². The van der Waals surface area contributed by atoms with Gasteiger partial charge in [-0.15, -0.1) is 0 Å². The highest BCUT2D eigenvalue weighted by Gasteiger charge is 2.44. The van der Waals surface area contributed by atoms with E-state index in [1.165, 1.54) is 0 Å². The van der Waals surface area contributed by atoms with Crippen LogP contribution in [0.2, 0.25) is 0 Å². The van der Waals surface area contributed by atoms with E-state index in [2.05, 4.69) is 0 Å². The maximum Gasteiger partial charge on any atom is 0.248 e. The van der Waals surface area contributed by atoms with Gasteiger partial charge in [0.05, 0.1) is 13.2 Å². The van der Waals surface area contributed by atoms with Gasteiger partial charge in [-0.2, -0.15) is 0 Å². The Hall–Kier alpha value is -0.650. The number of amides is 1. The molecule has 122 valence electrons. The number of carbonyl (C=O) groups is 1. The third-order valence-corrected chi connectivity index (χ3v) is 4.99. The van der Waals surface area contributed by atoms with Crippen molar-refractivity contribution in [2.24, 2.45) is 11.3 Å². The number of hydrogen-bond acceptors (Lipinski definition) is 4. The van der Waals surface area contributed by atoms with Crippen molar-refractivity contribution in [1.82, 2.24) is 4.90 Å². The van der Waals surface area contributed by atoms with E-state index in [0.29, 0.717) is 17.9 Å². The van der Waals surface area contributed by atoms with Crippen LogP contribution in [0, 0.1) is 11.3 Å². The molecule has 5 heteroatoms. The van der Waals surface area contributed by atoms with Gasteiger partial charge < -0.3 is 19.1 Å². The summed E-state index contributed by atoms with van der Waals surface area (Å²) in [6, 6.07) is 0. The van der Waals surface area contributed by atoms with Crippen LogP contribution in [0.25, 0.3) is 0 Å². The van der Waals surface area contributed by atoms with Gasteiger partial charge in [-0.05, 0) is 38.5 Å². The molecular weight excluding hydrogens is 270 g/mol. The maximum absolute atomic E-state index is 12.0. The first kappa shape index (κ1) is 16.7. The molecule has 0 aliphatic carbocycles. The quantitative estimate of drug-likeness (QED) is 0.749. The monoisotopic (exact) mass is 299 g/mol. The molecule has 0 aromatic carbocycles. The lowest BCUT2D eigenvalue weighted by Crippen LogP contribution is -2.51. The molecule has 0 radical (unpaired) electrons. The molecule has 1 spiro atoms. The Morgan fingerprint density at radius 1 is 1.19 bits per heavy atom. The largest absolute Gasteiger partial charge is 0.381 e. The SMILES string of the molecule is CCOCC(=O)N1CCC2(CCOCC2COCC)CC1. The number of rotatable bonds is 6. The molecule has 5 nitrogen and oxygen atoms in total. The van der Waals surface area contributed by atoms with Gasteiger partial charge >= 0.3 is 0 Å². The first-order valence-corrected chi connectivity index (χ1v) is 8.23. The summed E-state index contributed by atoms with van der Waals surface area (Å²) in [4.78, 5) is 14.0. The van der Waals surface area contributed by atoms with E-state index in [1.807, 2.05) is 18.7 Å². The predicted octanol–water partition coefficient (Wildman–Crippen LogP) is 1.70. The minimum Gasteiger partial charge on any atom is -0.381 e. The number of nitrogens with zero attached hydrogens (tertiary/aromatic N) is 1. The second-order valence-electron chi connectivity index (χ2n) is 6.06. The Bertz CT molecular complexity index is 326. The maximum atomic E-state index is 12.0. The van der Waals surface area contributed by atoms with Gasteiger partial charge in [0.2, 0.25) is 5.91 Å². The Morgan fingerprint density at radius 2 is 1.90 bits per heavy atom. The lowest BCUT2D eigenvalue weighted by molar-refractivity contribution is -0.143. The number of carbonyl (C=O) groups excluding carboxylic acids is 1. The van der Waals surface area contributed by atoms with Crippen molar-refractivity contribution in [1.29, 1.82) is 0 Å². The lowest BCUT2D eigenvalue weighted by atomic mass is 9.66. The van der Waals surface area contributed by atoms with Crippen LogP contribution in [0.5, 0.6) is 0 Å². The van der Waals surface area contributed by atoms with Crippen molar-refractivity contribution in [2.75, 3.05) is 52.7 Å². The molecule has 2 aliphatic rings. The summed E-state index contributed by atoms with van der Waals surface area (Å²) >= 11 is 0. The fourth-order valence-corrected chi connectivity index (χ4v) is 3.51. The highest BCUT2D eigenvalue weighted by Crippen LogP contribution is 2.44. The molecule has 0 saturated carbocycles. The zero-order valence-corrected chi connectivity index (χ0v) is 13.4. The molecule has 0 N–H and O–H groups in total. The van der Waals surface area contributed by atoms with Crippen molar-refractivity contribution in [2.45, 2.75) is 33.1 Å². The Morgan fingerprint density at radius 3 is 2.57 bits per heavy atom. The fraction of sp³-hybridized carbons (Fsp3) is 0.938. The summed E-state index contributed by atoms with van der Waals surface area (Å²) in [5, 5.41) is 0. The van der Waals surface area contributed by atoms with Crippen LogP contribution in [-0.4, -0.2) is 63.5 Å². The molecule has 1 unspecified atom stereocenters. The third kappa shape index (κ3) is 4.18. The number of piperidine rings is 1. The van der Waals surface area contributed by atoms with Gasteiger partial charge in [-0.25, -0.2) is 0 Å². The van der Waals surface area contributed by atoms with Gasteiger partial charge in [-0.1, -0.05) is 0 Å². The summed E-state index contributed by atoms with van der Waals surface area (Å²) < 4.78 is 16.5. The van der Waals surface area contributed by atoms with E-state index in [-0.39, 0.29) is 12.5 Å². The van der Waals surface area contributed by atoms with E-state index in [4.69, 9.17) is 14.2 Å². The standard InChI is InChI=1S/C16H29NO4/c1-3-19-11-14-12-21-10-7-16(14)5-8-17(9-6-16)15(18)13-20-4-2/h14H,3-13H2,1-2H3. The van der Waals surface area contributed by atoms with E-state index in [9.17, 15) is 4.79 Å². The average molecular weight is 299 g/mol. The number of ether oxygens (including phenoxy) is 3. The zero-order valence-electron chi connectivity index (χ0n) is 13.4. The van der Waals surface area contributed by atoms with Gasteiger partial charge in [0.1, 0.15) is 6.61 Å². The van der Waals surface area contributed by atoms with Crippen LogP contribution in [0.1, 0.15) is 33.1 Å². The normalized spacial score (nSPS) is 25.2. The first-order chi connectivity index (χ1) is 10.2.